The molecule has 0 radical (unpaired) electrons. The second-order valence-corrected chi connectivity index (χ2v) is 8.59. The molecule has 0 saturated carbocycles. The molecule has 4 heteroatoms. The third kappa shape index (κ3) is 3.93. The molecule has 4 nitrogen and oxygen atoms in total. The Morgan fingerprint density at radius 1 is 0.938 bits per heavy atom. The lowest BCUT2D eigenvalue weighted by Gasteiger charge is -2.20. The summed E-state index contributed by atoms with van der Waals surface area (Å²) in [6.07, 6.45) is 3.51. The van der Waals surface area contributed by atoms with Crippen LogP contribution in [0, 0.1) is 0 Å². The van der Waals surface area contributed by atoms with E-state index in [2.05, 4.69) is 72.2 Å². The first-order valence-electron chi connectivity index (χ1n) is 11.6. The van der Waals surface area contributed by atoms with Crippen LogP contribution < -0.4 is 4.90 Å². The van der Waals surface area contributed by atoms with Gasteiger partial charge >= 0.3 is 0 Å². The van der Waals surface area contributed by atoms with Gasteiger partial charge in [0.25, 0.3) is 0 Å². The minimum atomic E-state index is 0.108. The van der Waals surface area contributed by atoms with E-state index < -0.39 is 0 Å². The van der Waals surface area contributed by atoms with Gasteiger partial charge in [-0.25, -0.2) is 4.98 Å². The molecule has 2 heterocycles. The van der Waals surface area contributed by atoms with Crippen LogP contribution in [0.25, 0.3) is 11.0 Å². The number of nitrogens with zero attached hydrogens (tertiary/aromatic N) is 3. The molecule has 1 fully saturated rings. The van der Waals surface area contributed by atoms with Crippen LogP contribution in [0.5, 0.6) is 0 Å². The van der Waals surface area contributed by atoms with Crippen LogP contribution in [-0.4, -0.2) is 22.0 Å². The van der Waals surface area contributed by atoms with Crippen LogP contribution in [-0.2, 0) is 24.2 Å². The Morgan fingerprint density at radius 2 is 1.69 bits per heavy atom. The number of carbonyl (C=O) groups excluding carboxylic acids is 1. The summed E-state index contributed by atoms with van der Waals surface area (Å²) < 4.78 is 2.35. The van der Waals surface area contributed by atoms with Crippen molar-refractivity contribution in [3.63, 3.8) is 0 Å². The van der Waals surface area contributed by atoms with Crippen molar-refractivity contribution >= 4 is 22.6 Å². The minimum Gasteiger partial charge on any atom is -0.328 e. The van der Waals surface area contributed by atoms with Gasteiger partial charge in [-0.1, -0.05) is 67.6 Å². The zero-order valence-corrected chi connectivity index (χ0v) is 18.6. The Hall–Kier alpha value is -3.40. The van der Waals surface area contributed by atoms with Crippen molar-refractivity contribution in [1.29, 1.82) is 0 Å². The fourth-order valence-corrected chi connectivity index (χ4v) is 4.91. The molecule has 1 amide bonds. The molecule has 1 unspecified atom stereocenters. The van der Waals surface area contributed by atoms with E-state index in [0.29, 0.717) is 13.0 Å². The molecule has 32 heavy (non-hydrogen) atoms. The monoisotopic (exact) mass is 423 g/mol. The Morgan fingerprint density at radius 3 is 2.53 bits per heavy atom. The Labute approximate surface area is 189 Å². The summed E-state index contributed by atoms with van der Waals surface area (Å²) >= 11 is 0. The van der Waals surface area contributed by atoms with E-state index in [1.807, 2.05) is 23.1 Å². The lowest BCUT2D eigenvalue weighted by molar-refractivity contribution is -0.117. The van der Waals surface area contributed by atoms with Crippen LogP contribution in [0.15, 0.2) is 78.9 Å². The lowest BCUT2D eigenvalue weighted by atomic mass is 10.1. The molecule has 1 aliphatic heterocycles. The van der Waals surface area contributed by atoms with Gasteiger partial charge in [-0.2, -0.15) is 0 Å². The van der Waals surface area contributed by atoms with E-state index in [9.17, 15) is 4.79 Å². The summed E-state index contributed by atoms with van der Waals surface area (Å²) in [5, 5.41) is 0. The second-order valence-electron chi connectivity index (χ2n) is 8.59. The van der Waals surface area contributed by atoms with Gasteiger partial charge in [0.1, 0.15) is 5.82 Å². The van der Waals surface area contributed by atoms with Crippen molar-refractivity contribution in [2.24, 2.45) is 0 Å². The van der Waals surface area contributed by atoms with Crippen molar-refractivity contribution < 1.29 is 4.79 Å². The maximum absolute atomic E-state index is 13.0. The van der Waals surface area contributed by atoms with Crippen LogP contribution in [0.3, 0.4) is 0 Å². The van der Waals surface area contributed by atoms with Gasteiger partial charge in [-0.05, 0) is 48.6 Å². The first-order chi connectivity index (χ1) is 15.7. The van der Waals surface area contributed by atoms with Gasteiger partial charge in [-0.15, -0.1) is 0 Å². The topological polar surface area (TPSA) is 38.1 Å². The molecule has 1 saturated heterocycles. The minimum absolute atomic E-state index is 0.108. The fourth-order valence-electron chi connectivity index (χ4n) is 4.91. The van der Waals surface area contributed by atoms with Gasteiger partial charge in [0.15, 0.2) is 0 Å². The van der Waals surface area contributed by atoms with Crippen molar-refractivity contribution in [3.8, 4) is 0 Å². The number of imidazole rings is 1. The second kappa shape index (κ2) is 8.99. The number of hydrogen-bond acceptors (Lipinski definition) is 2. The molecule has 1 aliphatic rings. The molecule has 4 aromatic rings. The van der Waals surface area contributed by atoms with Crippen molar-refractivity contribution in [3.05, 3.63) is 95.8 Å². The molecule has 1 atom stereocenters. The Kier molecular flexibility index (Phi) is 5.76. The summed E-state index contributed by atoms with van der Waals surface area (Å²) in [5.74, 6) is 1.35. The number of hydrogen-bond donors (Lipinski definition) is 0. The van der Waals surface area contributed by atoms with Crippen LogP contribution in [0.2, 0.25) is 0 Å². The maximum atomic E-state index is 13.0. The molecule has 0 bridgehead atoms. The van der Waals surface area contributed by atoms with Crippen molar-refractivity contribution in [2.75, 3.05) is 11.4 Å². The van der Waals surface area contributed by atoms with E-state index in [1.54, 1.807) is 0 Å². The van der Waals surface area contributed by atoms with Crippen molar-refractivity contribution in [2.45, 2.75) is 45.1 Å². The van der Waals surface area contributed by atoms with Crippen molar-refractivity contribution in [1.82, 2.24) is 9.55 Å². The molecule has 5 rings (SSSR count). The number of para-hydroxylation sites is 3. The number of rotatable bonds is 7. The zero-order chi connectivity index (χ0) is 21.9. The first-order valence-corrected chi connectivity index (χ1v) is 11.6. The average Bonchev–Trinajstić information content (AvgIpc) is 3.40. The van der Waals surface area contributed by atoms with E-state index in [-0.39, 0.29) is 11.8 Å². The quantitative estimate of drug-likeness (QED) is 0.379. The van der Waals surface area contributed by atoms with E-state index in [1.165, 1.54) is 11.1 Å². The Balaban J connectivity index is 1.42. The van der Waals surface area contributed by atoms with Gasteiger partial charge in [0.2, 0.25) is 5.91 Å². The number of aromatic nitrogens is 2. The molecule has 0 aliphatic carbocycles. The van der Waals surface area contributed by atoms with Gasteiger partial charge in [0, 0.05) is 31.1 Å². The van der Waals surface area contributed by atoms with Gasteiger partial charge in [0.05, 0.1) is 11.0 Å². The highest BCUT2D eigenvalue weighted by molar-refractivity contribution is 5.97. The van der Waals surface area contributed by atoms with E-state index in [4.69, 9.17) is 4.98 Å². The third-order valence-corrected chi connectivity index (χ3v) is 6.53. The number of benzene rings is 3. The summed E-state index contributed by atoms with van der Waals surface area (Å²) in [5.41, 5.74) is 5.81. The predicted octanol–water partition coefficient (Wildman–Crippen LogP) is 5.75. The number of carbonyl (C=O) groups is 1. The number of anilines is 1. The highest BCUT2D eigenvalue weighted by Crippen LogP contribution is 2.34. The highest BCUT2D eigenvalue weighted by Gasteiger charge is 2.35. The third-order valence-electron chi connectivity index (χ3n) is 6.53. The number of amides is 1. The summed E-state index contributed by atoms with van der Waals surface area (Å²) in [6, 6.07) is 27.2. The smallest absolute Gasteiger partial charge is 0.227 e. The molecule has 3 aromatic carbocycles. The lowest BCUT2D eigenvalue weighted by Crippen LogP contribution is -2.25. The van der Waals surface area contributed by atoms with E-state index in [0.717, 1.165) is 48.4 Å². The zero-order valence-electron chi connectivity index (χ0n) is 18.6. The Bertz CT molecular complexity index is 1230. The maximum Gasteiger partial charge on any atom is 0.227 e. The largest absolute Gasteiger partial charge is 0.328 e. The van der Waals surface area contributed by atoms with Crippen LogP contribution in [0.1, 0.15) is 42.6 Å². The number of fused-ring (bicyclic) bond motifs is 1. The highest BCUT2D eigenvalue weighted by atomic mass is 16.2. The first kappa shape index (κ1) is 20.5. The summed E-state index contributed by atoms with van der Waals surface area (Å²) in [6.45, 7) is 3.74. The standard InChI is InChI=1S/C28H29N3O/c1-2-22-14-6-8-16-25(22)31-20-23(19-27(31)32)28-29-24-15-7-9-17-26(24)30(28)18-10-13-21-11-4-3-5-12-21/h3-9,11-12,14-17,23H,2,10,13,18-20H2,1H3. The molecular formula is C28H29N3O. The van der Waals surface area contributed by atoms with Gasteiger partial charge < -0.3 is 9.47 Å². The average molecular weight is 424 g/mol. The number of aryl methyl sites for hydroxylation is 3. The molecule has 1 aromatic heterocycles. The molecule has 162 valence electrons. The summed E-state index contributed by atoms with van der Waals surface area (Å²) in [4.78, 5) is 20.0. The molecule has 0 spiro atoms. The molecule has 0 N–H and O–H groups in total. The van der Waals surface area contributed by atoms with Crippen LogP contribution >= 0.6 is 0 Å². The fraction of sp³-hybridized carbons (Fsp3) is 0.286. The van der Waals surface area contributed by atoms with E-state index >= 15 is 0 Å². The molecular weight excluding hydrogens is 394 g/mol. The summed E-state index contributed by atoms with van der Waals surface area (Å²) in [7, 11) is 0. The normalized spacial score (nSPS) is 16.2. The predicted molar refractivity (Wildman–Crippen MR) is 130 cm³/mol. The van der Waals surface area contributed by atoms with Crippen LogP contribution in [0.4, 0.5) is 5.69 Å². The van der Waals surface area contributed by atoms with Gasteiger partial charge in [-0.3, -0.25) is 4.79 Å². The SMILES string of the molecule is CCc1ccccc1N1CC(c2nc3ccccc3n2CCCc2ccccc2)CC1=O.